The molecular weight excluding hydrogens is 132 g/mol. The first kappa shape index (κ1) is 10.5. The maximum absolute atomic E-state index is 2.20. The molecule has 1 rings (SSSR count). The van der Waals surface area contributed by atoms with Crippen LogP contribution in [0.15, 0.2) is 23.8 Å². The van der Waals surface area contributed by atoms with Crippen molar-refractivity contribution < 1.29 is 0 Å². The average Bonchev–Trinajstić information content (AvgIpc) is 1.87. The van der Waals surface area contributed by atoms with Gasteiger partial charge in [-0.1, -0.05) is 44.6 Å². The third-order valence-corrected chi connectivity index (χ3v) is 1.22. The zero-order chi connectivity index (χ0) is 8.69. The van der Waals surface area contributed by atoms with Gasteiger partial charge in [0.15, 0.2) is 0 Å². The Hall–Kier alpha value is -0.520. The molecule has 0 fully saturated rings. The van der Waals surface area contributed by atoms with Crippen LogP contribution in [0.4, 0.5) is 0 Å². The molecule has 11 heavy (non-hydrogen) atoms. The maximum atomic E-state index is 2.20. The van der Waals surface area contributed by atoms with Crippen LogP contribution in [-0.4, -0.2) is 0 Å². The van der Waals surface area contributed by atoms with Gasteiger partial charge in [-0.3, -0.25) is 0 Å². The molecule has 64 valence electrons. The quantitative estimate of drug-likeness (QED) is 0.493. The monoisotopic (exact) mass is 152 g/mol. The van der Waals surface area contributed by atoms with E-state index in [4.69, 9.17) is 0 Å². The molecule has 0 unspecified atom stereocenters. The first-order chi connectivity index (χ1) is 5.13. The van der Waals surface area contributed by atoms with Gasteiger partial charge in [-0.2, -0.15) is 0 Å². The van der Waals surface area contributed by atoms with E-state index in [0.717, 1.165) is 5.92 Å². The highest BCUT2D eigenvalue weighted by molar-refractivity contribution is 5.15. The third-order valence-electron chi connectivity index (χ3n) is 1.22. The number of hydrogen-bond acceptors (Lipinski definition) is 0. The Morgan fingerprint density at radius 3 is 2.00 bits per heavy atom. The van der Waals surface area contributed by atoms with Gasteiger partial charge in [-0.25, -0.2) is 0 Å². The standard InChI is InChI=1S/C7H10.C4H10/c1-7-5-3-2-4-6-7;1-4(2)3/h2-3,5H,4,6H2,1H3;4H,1-3H3. The van der Waals surface area contributed by atoms with E-state index in [9.17, 15) is 0 Å². The average molecular weight is 152 g/mol. The molecule has 1 aliphatic carbocycles. The Bertz CT molecular complexity index is 135. The van der Waals surface area contributed by atoms with Crippen LogP contribution in [0, 0.1) is 5.92 Å². The SMILES string of the molecule is CC(C)C.CC1=CC=CCC1. The van der Waals surface area contributed by atoms with E-state index in [1.54, 1.807) is 0 Å². The molecule has 0 heteroatoms. The first-order valence-electron chi connectivity index (χ1n) is 4.45. The van der Waals surface area contributed by atoms with Crippen LogP contribution in [0.25, 0.3) is 0 Å². The predicted octanol–water partition coefficient (Wildman–Crippen LogP) is 3.95. The molecule has 0 aromatic rings. The van der Waals surface area contributed by atoms with Crippen LogP contribution < -0.4 is 0 Å². The van der Waals surface area contributed by atoms with E-state index in [0.29, 0.717) is 0 Å². The van der Waals surface area contributed by atoms with Gasteiger partial charge in [0, 0.05) is 0 Å². The topological polar surface area (TPSA) is 0 Å². The smallest absolute Gasteiger partial charge is 0.0285 e. The number of allylic oxidation sites excluding steroid dienone is 4. The maximum Gasteiger partial charge on any atom is -0.0285 e. The van der Waals surface area contributed by atoms with Crippen molar-refractivity contribution in [2.75, 3.05) is 0 Å². The molecule has 0 heterocycles. The first-order valence-corrected chi connectivity index (χ1v) is 4.45. The van der Waals surface area contributed by atoms with E-state index >= 15 is 0 Å². The van der Waals surface area contributed by atoms with E-state index in [1.165, 1.54) is 18.4 Å². The van der Waals surface area contributed by atoms with E-state index in [2.05, 4.69) is 45.9 Å². The number of hydrogen-bond donors (Lipinski definition) is 0. The summed E-state index contributed by atoms with van der Waals surface area (Å²) in [7, 11) is 0. The van der Waals surface area contributed by atoms with Gasteiger partial charge in [0.1, 0.15) is 0 Å². The fraction of sp³-hybridized carbons (Fsp3) is 0.636. The van der Waals surface area contributed by atoms with Crippen molar-refractivity contribution in [1.82, 2.24) is 0 Å². The summed E-state index contributed by atoms with van der Waals surface area (Å²) in [4.78, 5) is 0. The Morgan fingerprint density at radius 1 is 1.27 bits per heavy atom. The lowest BCUT2D eigenvalue weighted by molar-refractivity contribution is 0.737. The van der Waals surface area contributed by atoms with Gasteiger partial charge < -0.3 is 0 Å². The molecule has 0 aromatic carbocycles. The van der Waals surface area contributed by atoms with Crippen LogP contribution in [-0.2, 0) is 0 Å². The third kappa shape index (κ3) is 9.48. The molecule has 0 atom stereocenters. The molecule has 1 aliphatic rings. The lowest BCUT2D eigenvalue weighted by atomic mass is 10.1. The minimum Gasteiger partial charge on any atom is -0.0842 e. The van der Waals surface area contributed by atoms with Gasteiger partial charge in [0.05, 0.1) is 0 Å². The Kier molecular flexibility index (Phi) is 5.91. The Morgan fingerprint density at radius 2 is 1.82 bits per heavy atom. The Balaban J connectivity index is 0.000000218. The van der Waals surface area contributed by atoms with E-state index < -0.39 is 0 Å². The van der Waals surface area contributed by atoms with Crippen molar-refractivity contribution >= 4 is 0 Å². The van der Waals surface area contributed by atoms with E-state index in [1.807, 2.05) is 0 Å². The lowest BCUT2D eigenvalue weighted by Gasteiger charge is -1.98. The molecule has 0 N–H and O–H groups in total. The fourth-order valence-electron chi connectivity index (χ4n) is 0.723. The Labute approximate surface area is 71.0 Å². The van der Waals surface area contributed by atoms with Gasteiger partial charge in [-0.05, 0) is 25.7 Å². The molecule has 0 saturated heterocycles. The summed E-state index contributed by atoms with van der Waals surface area (Å²) >= 11 is 0. The normalized spacial score (nSPS) is 15.5. The zero-order valence-corrected chi connectivity index (χ0v) is 8.22. The summed E-state index contributed by atoms with van der Waals surface area (Å²) < 4.78 is 0. The summed E-state index contributed by atoms with van der Waals surface area (Å²) in [5, 5.41) is 0. The number of rotatable bonds is 0. The summed E-state index contributed by atoms with van der Waals surface area (Å²) in [6.07, 6.45) is 8.99. The van der Waals surface area contributed by atoms with Crippen LogP contribution in [0.5, 0.6) is 0 Å². The molecule has 0 nitrogen and oxygen atoms in total. The zero-order valence-electron chi connectivity index (χ0n) is 8.22. The van der Waals surface area contributed by atoms with Crippen LogP contribution in [0.1, 0.15) is 40.5 Å². The summed E-state index contributed by atoms with van der Waals surface area (Å²) in [6, 6.07) is 0. The van der Waals surface area contributed by atoms with Crippen molar-refractivity contribution in [2.24, 2.45) is 5.92 Å². The predicted molar refractivity (Wildman–Crippen MR) is 52.6 cm³/mol. The molecule has 0 amide bonds. The molecule has 0 spiro atoms. The highest BCUT2D eigenvalue weighted by atomic mass is 13.9. The van der Waals surface area contributed by atoms with Crippen molar-refractivity contribution in [1.29, 1.82) is 0 Å². The molecular formula is C11H20. The van der Waals surface area contributed by atoms with Gasteiger partial charge >= 0.3 is 0 Å². The summed E-state index contributed by atoms with van der Waals surface area (Å²) in [5.41, 5.74) is 1.50. The molecule has 0 aromatic heterocycles. The van der Waals surface area contributed by atoms with Crippen LogP contribution in [0.2, 0.25) is 0 Å². The van der Waals surface area contributed by atoms with Crippen molar-refractivity contribution in [3.05, 3.63) is 23.8 Å². The van der Waals surface area contributed by atoms with Gasteiger partial charge in [0.25, 0.3) is 0 Å². The molecule has 0 aliphatic heterocycles. The largest absolute Gasteiger partial charge is 0.0842 e. The van der Waals surface area contributed by atoms with Crippen molar-refractivity contribution in [3.63, 3.8) is 0 Å². The van der Waals surface area contributed by atoms with E-state index in [-0.39, 0.29) is 0 Å². The highest BCUT2D eigenvalue weighted by Gasteiger charge is 1.88. The van der Waals surface area contributed by atoms with Crippen LogP contribution >= 0.6 is 0 Å². The summed E-state index contributed by atoms with van der Waals surface area (Å²) in [5.74, 6) is 0.833. The van der Waals surface area contributed by atoms with Crippen LogP contribution in [0.3, 0.4) is 0 Å². The fourth-order valence-corrected chi connectivity index (χ4v) is 0.723. The van der Waals surface area contributed by atoms with Gasteiger partial charge in [0.2, 0.25) is 0 Å². The minimum absolute atomic E-state index is 0.833. The highest BCUT2D eigenvalue weighted by Crippen LogP contribution is 2.08. The molecule has 0 saturated carbocycles. The van der Waals surface area contributed by atoms with Crippen molar-refractivity contribution in [2.45, 2.75) is 40.5 Å². The summed E-state index contributed by atoms with van der Waals surface area (Å²) in [6.45, 7) is 8.67. The van der Waals surface area contributed by atoms with Crippen molar-refractivity contribution in [3.8, 4) is 0 Å². The molecule has 0 bridgehead atoms. The minimum atomic E-state index is 0.833. The lowest BCUT2D eigenvalue weighted by Crippen LogP contribution is -1.78. The second-order valence-electron chi connectivity index (χ2n) is 3.71. The van der Waals surface area contributed by atoms with Gasteiger partial charge in [-0.15, -0.1) is 0 Å². The second kappa shape index (κ2) is 6.21. The molecule has 0 radical (unpaired) electrons. The second-order valence-corrected chi connectivity index (χ2v) is 3.71.